The molecule has 7 heteroatoms. The van der Waals surface area contributed by atoms with E-state index in [4.69, 9.17) is 5.11 Å². The minimum Gasteiger partial charge on any atom is -0.480 e. The van der Waals surface area contributed by atoms with Crippen molar-refractivity contribution in [3.8, 4) is 0 Å². The third-order valence-corrected chi connectivity index (χ3v) is 3.68. The fourth-order valence-corrected chi connectivity index (χ4v) is 2.52. The maximum atomic E-state index is 12.4. The highest BCUT2D eigenvalue weighted by Gasteiger charge is 2.18. The molecule has 2 aromatic rings. The molecular weight excluding hydrogens is 350 g/mol. The molecular formula is C15H16BrN3O3. The molecule has 0 saturated heterocycles. The first-order chi connectivity index (χ1) is 10.5. The number of hydrogen-bond donors (Lipinski definition) is 1. The van der Waals surface area contributed by atoms with Gasteiger partial charge in [-0.1, -0.05) is 28.1 Å². The number of carbonyl (C=O) groups excluding carboxylic acids is 1. The van der Waals surface area contributed by atoms with Crippen LogP contribution < -0.4 is 0 Å². The van der Waals surface area contributed by atoms with Gasteiger partial charge in [0.2, 0.25) is 5.91 Å². The standard InChI is InChI=1S/C15H16BrN3O3/c1-18-10-17-7-13(18)6-14(20)19(9-15(21)22)8-11-3-2-4-12(16)5-11/h2-5,7,10H,6,8-9H2,1H3,(H,21,22). The molecule has 1 N–H and O–H groups in total. The van der Waals surface area contributed by atoms with Crippen LogP contribution in [0.15, 0.2) is 41.3 Å². The fourth-order valence-electron chi connectivity index (χ4n) is 2.07. The molecule has 1 aromatic carbocycles. The van der Waals surface area contributed by atoms with Gasteiger partial charge in [0.05, 0.1) is 12.7 Å². The number of carbonyl (C=O) groups is 2. The number of amides is 1. The number of aryl methyl sites for hydroxylation is 1. The van der Waals surface area contributed by atoms with Crippen LogP contribution in [0.3, 0.4) is 0 Å². The van der Waals surface area contributed by atoms with Gasteiger partial charge in [0, 0.05) is 30.0 Å². The number of aliphatic carboxylic acids is 1. The number of carboxylic acid groups (broad SMARTS) is 1. The Morgan fingerprint density at radius 3 is 2.77 bits per heavy atom. The van der Waals surface area contributed by atoms with Gasteiger partial charge in [-0.15, -0.1) is 0 Å². The molecule has 0 aliphatic rings. The maximum absolute atomic E-state index is 12.4. The zero-order valence-corrected chi connectivity index (χ0v) is 13.7. The third-order valence-electron chi connectivity index (χ3n) is 3.19. The van der Waals surface area contributed by atoms with Gasteiger partial charge >= 0.3 is 5.97 Å². The summed E-state index contributed by atoms with van der Waals surface area (Å²) in [7, 11) is 1.80. The summed E-state index contributed by atoms with van der Waals surface area (Å²) < 4.78 is 2.63. The van der Waals surface area contributed by atoms with Crippen LogP contribution in [0.25, 0.3) is 0 Å². The lowest BCUT2D eigenvalue weighted by Crippen LogP contribution is -2.36. The zero-order valence-electron chi connectivity index (χ0n) is 12.1. The van der Waals surface area contributed by atoms with E-state index >= 15 is 0 Å². The van der Waals surface area contributed by atoms with Crippen molar-refractivity contribution in [2.24, 2.45) is 7.05 Å². The highest BCUT2D eigenvalue weighted by molar-refractivity contribution is 9.10. The van der Waals surface area contributed by atoms with Crippen molar-refractivity contribution < 1.29 is 14.7 Å². The molecule has 1 heterocycles. The third kappa shape index (κ3) is 4.42. The summed E-state index contributed by atoms with van der Waals surface area (Å²) in [5, 5.41) is 9.03. The van der Waals surface area contributed by atoms with Gasteiger partial charge in [0.15, 0.2) is 0 Å². The lowest BCUT2D eigenvalue weighted by atomic mass is 10.2. The number of rotatable bonds is 6. The fraction of sp³-hybridized carbons (Fsp3) is 0.267. The van der Waals surface area contributed by atoms with Gasteiger partial charge in [-0.05, 0) is 17.7 Å². The van der Waals surface area contributed by atoms with E-state index in [9.17, 15) is 9.59 Å². The van der Waals surface area contributed by atoms with Gasteiger partial charge in [-0.2, -0.15) is 0 Å². The summed E-state index contributed by atoms with van der Waals surface area (Å²) in [6.07, 6.45) is 3.34. The zero-order chi connectivity index (χ0) is 16.1. The van der Waals surface area contributed by atoms with Crippen molar-refractivity contribution in [3.63, 3.8) is 0 Å². The van der Waals surface area contributed by atoms with E-state index < -0.39 is 5.97 Å². The quantitative estimate of drug-likeness (QED) is 0.847. The van der Waals surface area contributed by atoms with Gasteiger partial charge in [0.1, 0.15) is 6.54 Å². The van der Waals surface area contributed by atoms with E-state index in [1.165, 1.54) is 4.90 Å². The molecule has 22 heavy (non-hydrogen) atoms. The van der Waals surface area contributed by atoms with Crippen molar-refractivity contribution >= 4 is 27.8 Å². The van der Waals surface area contributed by atoms with Crippen molar-refractivity contribution in [2.75, 3.05) is 6.54 Å². The van der Waals surface area contributed by atoms with E-state index in [2.05, 4.69) is 20.9 Å². The molecule has 2 rings (SSSR count). The topological polar surface area (TPSA) is 75.4 Å². The number of imidazole rings is 1. The van der Waals surface area contributed by atoms with Crippen LogP contribution >= 0.6 is 15.9 Å². The molecule has 1 amide bonds. The van der Waals surface area contributed by atoms with Crippen molar-refractivity contribution in [1.82, 2.24) is 14.5 Å². The minimum atomic E-state index is -1.03. The summed E-state index contributed by atoms with van der Waals surface area (Å²) in [6, 6.07) is 7.45. The molecule has 116 valence electrons. The molecule has 0 bridgehead atoms. The first-order valence-corrected chi connectivity index (χ1v) is 7.44. The molecule has 6 nitrogen and oxygen atoms in total. The Balaban J connectivity index is 2.13. The Hall–Kier alpha value is -2.15. The molecule has 0 atom stereocenters. The van der Waals surface area contributed by atoms with E-state index in [1.807, 2.05) is 24.3 Å². The highest BCUT2D eigenvalue weighted by Crippen LogP contribution is 2.14. The first kappa shape index (κ1) is 16.2. The average molecular weight is 366 g/mol. The lowest BCUT2D eigenvalue weighted by Gasteiger charge is -2.21. The van der Waals surface area contributed by atoms with Crippen molar-refractivity contribution in [2.45, 2.75) is 13.0 Å². The predicted molar refractivity (Wildman–Crippen MR) is 84.1 cm³/mol. The van der Waals surface area contributed by atoms with Crippen LogP contribution in [0.2, 0.25) is 0 Å². The van der Waals surface area contributed by atoms with Crippen LogP contribution in [0, 0.1) is 0 Å². The van der Waals surface area contributed by atoms with Gasteiger partial charge in [-0.3, -0.25) is 9.59 Å². The van der Waals surface area contributed by atoms with Gasteiger partial charge in [0.25, 0.3) is 0 Å². The monoisotopic (exact) mass is 365 g/mol. The molecule has 1 aromatic heterocycles. The summed E-state index contributed by atoms with van der Waals surface area (Å²) in [5.74, 6) is -1.28. The number of nitrogens with zero attached hydrogens (tertiary/aromatic N) is 3. The van der Waals surface area contributed by atoms with Crippen molar-refractivity contribution in [3.05, 3.63) is 52.5 Å². The number of aromatic nitrogens is 2. The second-order valence-electron chi connectivity index (χ2n) is 4.95. The molecule has 0 radical (unpaired) electrons. The number of halogens is 1. The van der Waals surface area contributed by atoms with Gasteiger partial charge in [-0.25, -0.2) is 4.98 Å². The number of carboxylic acids is 1. The van der Waals surface area contributed by atoms with E-state index in [-0.39, 0.29) is 25.4 Å². The smallest absolute Gasteiger partial charge is 0.323 e. The largest absolute Gasteiger partial charge is 0.480 e. The Kier molecular flexibility index (Phi) is 5.32. The summed E-state index contributed by atoms with van der Waals surface area (Å²) >= 11 is 3.37. The Morgan fingerprint density at radius 2 is 2.18 bits per heavy atom. The van der Waals surface area contributed by atoms with E-state index in [0.717, 1.165) is 15.7 Å². The minimum absolute atomic E-state index is 0.123. The number of benzene rings is 1. The van der Waals surface area contributed by atoms with Crippen LogP contribution in [-0.4, -0.2) is 38.0 Å². The van der Waals surface area contributed by atoms with Crippen LogP contribution in [0.5, 0.6) is 0 Å². The van der Waals surface area contributed by atoms with Crippen LogP contribution in [0.1, 0.15) is 11.3 Å². The predicted octanol–water partition coefficient (Wildman–Crippen LogP) is 1.84. The highest BCUT2D eigenvalue weighted by atomic mass is 79.9. The Morgan fingerprint density at radius 1 is 1.41 bits per heavy atom. The van der Waals surface area contributed by atoms with E-state index in [1.54, 1.807) is 24.1 Å². The molecule has 0 aliphatic heterocycles. The molecule has 0 saturated carbocycles. The normalized spacial score (nSPS) is 10.5. The van der Waals surface area contributed by atoms with Crippen LogP contribution in [0.4, 0.5) is 0 Å². The summed E-state index contributed by atoms with van der Waals surface area (Å²) in [5.41, 5.74) is 1.61. The van der Waals surface area contributed by atoms with Crippen LogP contribution in [-0.2, 0) is 29.6 Å². The first-order valence-electron chi connectivity index (χ1n) is 6.65. The molecule has 0 spiro atoms. The molecule has 0 unspecified atom stereocenters. The lowest BCUT2D eigenvalue weighted by molar-refractivity contribution is -0.144. The molecule has 0 fully saturated rings. The number of hydrogen-bond acceptors (Lipinski definition) is 3. The van der Waals surface area contributed by atoms with E-state index in [0.29, 0.717) is 0 Å². The Labute approximate surface area is 136 Å². The van der Waals surface area contributed by atoms with Crippen molar-refractivity contribution in [1.29, 1.82) is 0 Å². The second kappa shape index (κ2) is 7.22. The SMILES string of the molecule is Cn1cncc1CC(=O)N(CC(=O)O)Cc1cccc(Br)c1. The summed E-state index contributed by atoms with van der Waals surface area (Å²) in [6.45, 7) is -0.0778. The average Bonchev–Trinajstić information content (AvgIpc) is 2.83. The maximum Gasteiger partial charge on any atom is 0.323 e. The second-order valence-corrected chi connectivity index (χ2v) is 5.86. The van der Waals surface area contributed by atoms with Gasteiger partial charge < -0.3 is 14.6 Å². The summed E-state index contributed by atoms with van der Waals surface area (Å²) in [4.78, 5) is 28.7. The Bertz CT molecular complexity index is 684. The molecule has 0 aliphatic carbocycles.